The molecular formula is C15H13FO3. The number of halogens is 1. The van der Waals surface area contributed by atoms with E-state index in [1.54, 1.807) is 37.4 Å². The molecule has 2 aromatic rings. The summed E-state index contributed by atoms with van der Waals surface area (Å²) in [5, 5.41) is 0. The smallest absolute Gasteiger partial charge is 0.150 e. The molecule has 0 unspecified atom stereocenters. The number of aldehydes is 1. The molecule has 2 rings (SSSR count). The van der Waals surface area contributed by atoms with Crippen LogP contribution >= 0.6 is 0 Å². The second kappa shape index (κ2) is 6.00. The average Bonchev–Trinajstić information content (AvgIpc) is 2.46. The number of carbonyl (C=O) groups is 1. The molecule has 3 nitrogen and oxygen atoms in total. The Morgan fingerprint density at radius 3 is 2.53 bits per heavy atom. The van der Waals surface area contributed by atoms with Gasteiger partial charge in [0.1, 0.15) is 30.2 Å². The third-order valence-corrected chi connectivity index (χ3v) is 2.65. The van der Waals surface area contributed by atoms with Crippen molar-refractivity contribution in [2.45, 2.75) is 6.61 Å². The van der Waals surface area contributed by atoms with Gasteiger partial charge in [-0.1, -0.05) is 0 Å². The maximum Gasteiger partial charge on any atom is 0.150 e. The molecule has 0 aromatic heterocycles. The van der Waals surface area contributed by atoms with Crippen molar-refractivity contribution in [1.29, 1.82) is 0 Å². The predicted octanol–water partition coefficient (Wildman–Crippen LogP) is 3.23. The van der Waals surface area contributed by atoms with Gasteiger partial charge in [0, 0.05) is 11.1 Å². The zero-order chi connectivity index (χ0) is 13.7. The fourth-order valence-electron chi connectivity index (χ4n) is 1.68. The standard InChI is InChI=1S/C15H13FO3/c1-18-15-7-2-11(9-17)8-12(15)10-19-14-5-3-13(16)4-6-14/h2-9H,10H2,1H3. The van der Waals surface area contributed by atoms with Crippen LogP contribution in [0.3, 0.4) is 0 Å². The van der Waals surface area contributed by atoms with Crippen LogP contribution in [0.1, 0.15) is 15.9 Å². The summed E-state index contributed by atoms with van der Waals surface area (Å²) in [6.07, 6.45) is 0.765. The van der Waals surface area contributed by atoms with Crippen LogP contribution in [-0.2, 0) is 6.61 Å². The van der Waals surface area contributed by atoms with E-state index < -0.39 is 0 Å². The van der Waals surface area contributed by atoms with Crippen molar-refractivity contribution in [3.8, 4) is 11.5 Å². The van der Waals surface area contributed by atoms with E-state index in [2.05, 4.69) is 0 Å². The maximum atomic E-state index is 12.8. The van der Waals surface area contributed by atoms with Crippen molar-refractivity contribution in [3.05, 3.63) is 59.4 Å². The Balaban J connectivity index is 2.13. The summed E-state index contributed by atoms with van der Waals surface area (Å²) in [5.41, 5.74) is 1.31. The monoisotopic (exact) mass is 260 g/mol. The molecule has 0 atom stereocenters. The first-order valence-electron chi connectivity index (χ1n) is 5.73. The molecule has 0 saturated carbocycles. The van der Waals surface area contributed by atoms with Gasteiger partial charge in [-0.2, -0.15) is 0 Å². The van der Waals surface area contributed by atoms with E-state index in [1.165, 1.54) is 12.1 Å². The first kappa shape index (κ1) is 13.1. The Morgan fingerprint density at radius 1 is 1.16 bits per heavy atom. The second-order valence-corrected chi connectivity index (χ2v) is 3.93. The minimum Gasteiger partial charge on any atom is -0.496 e. The minimum absolute atomic E-state index is 0.247. The van der Waals surface area contributed by atoms with E-state index >= 15 is 0 Å². The molecular weight excluding hydrogens is 247 g/mol. The molecule has 0 aliphatic rings. The third-order valence-electron chi connectivity index (χ3n) is 2.65. The van der Waals surface area contributed by atoms with Crippen LogP contribution in [0.5, 0.6) is 11.5 Å². The lowest BCUT2D eigenvalue weighted by atomic mass is 10.1. The van der Waals surface area contributed by atoms with Gasteiger partial charge in [-0.05, 0) is 42.5 Å². The maximum absolute atomic E-state index is 12.8. The van der Waals surface area contributed by atoms with Crippen molar-refractivity contribution in [1.82, 2.24) is 0 Å². The average molecular weight is 260 g/mol. The van der Waals surface area contributed by atoms with Crippen LogP contribution < -0.4 is 9.47 Å². The molecule has 0 bridgehead atoms. The normalized spacial score (nSPS) is 10.0. The van der Waals surface area contributed by atoms with Crippen molar-refractivity contribution in [3.63, 3.8) is 0 Å². The van der Waals surface area contributed by atoms with Gasteiger partial charge < -0.3 is 9.47 Å². The van der Waals surface area contributed by atoms with E-state index in [0.717, 1.165) is 11.8 Å². The molecule has 4 heteroatoms. The fraction of sp³-hybridized carbons (Fsp3) is 0.133. The van der Waals surface area contributed by atoms with Crippen LogP contribution in [0.15, 0.2) is 42.5 Å². The third kappa shape index (κ3) is 3.31. The molecule has 98 valence electrons. The quantitative estimate of drug-likeness (QED) is 0.774. The van der Waals surface area contributed by atoms with E-state index in [9.17, 15) is 9.18 Å². The highest BCUT2D eigenvalue weighted by atomic mass is 19.1. The Bertz CT molecular complexity index is 564. The highest BCUT2D eigenvalue weighted by molar-refractivity contribution is 5.75. The van der Waals surface area contributed by atoms with E-state index in [4.69, 9.17) is 9.47 Å². The lowest BCUT2D eigenvalue weighted by molar-refractivity contribution is 0.112. The Kier molecular flexibility index (Phi) is 4.13. The number of methoxy groups -OCH3 is 1. The van der Waals surface area contributed by atoms with Gasteiger partial charge in [0.25, 0.3) is 0 Å². The second-order valence-electron chi connectivity index (χ2n) is 3.93. The van der Waals surface area contributed by atoms with Gasteiger partial charge >= 0.3 is 0 Å². The zero-order valence-corrected chi connectivity index (χ0v) is 10.4. The molecule has 0 aliphatic heterocycles. The van der Waals surface area contributed by atoms with E-state index in [-0.39, 0.29) is 12.4 Å². The summed E-state index contributed by atoms with van der Waals surface area (Å²) >= 11 is 0. The number of ether oxygens (including phenoxy) is 2. The van der Waals surface area contributed by atoms with Crippen molar-refractivity contribution >= 4 is 6.29 Å². The highest BCUT2D eigenvalue weighted by Gasteiger charge is 2.05. The first-order chi connectivity index (χ1) is 9.22. The van der Waals surface area contributed by atoms with Gasteiger partial charge in [0.2, 0.25) is 0 Å². The number of benzene rings is 2. The lowest BCUT2D eigenvalue weighted by Crippen LogP contribution is -2.00. The van der Waals surface area contributed by atoms with Crippen LogP contribution in [0, 0.1) is 5.82 Å². The zero-order valence-electron chi connectivity index (χ0n) is 10.4. The van der Waals surface area contributed by atoms with Crippen LogP contribution in [0.25, 0.3) is 0 Å². The van der Waals surface area contributed by atoms with Crippen LogP contribution in [-0.4, -0.2) is 13.4 Å². The summed E-state index contributed by atoms with van der Waals surface area (Å²) in [5.74, 6) is 0.889. The SMILES string of the molecule is COc1ccc(C=O)cc1COc1ccc(F)cc1. The van der Waals surface area contributed by atoms with Crippen molar-refractivity contribution < 1.29 is 18.7 Å². The van der Waals surface area contributed by atoms with Gasteiger partial charge in [0.15, 0.2) is 0 Å². The van der Waals surface area contributed by atoms with Gasteiger partial charge in [-0.25, -0.2) is 4.39 Å². The van der Waals surface area contributed by atoms with E-state index in [1.807, 2.05) is 0 Å². The molecule has 2 aromatic carbocycles. The summed E-state index contributed by atoms with van der Waals surface area (Å²) in [7, 11) is 1.55. The Hall–Kier alpha value is -2.36. The van der Waals surface area contributed by atoms with Gasteiger partial charge in [-0.3, -0.25) is 4.79 Å². The molecule has 0 N–H and O–H groups in total. The van der Waals surface area contributed by atoms with Gasteiger partial charge in [-0.15, -0.1) is 0 Å². The Morgan fingerprint density at radius 2 is 1.89 bits per heavy atom. The van der Waals surface area contributed by atoms with Crippen molar-refractivity contribution in [2.24, 2.45) is 0 Å². The molecule has 0 amide bonds. The number of rotatable bonds is 5. The molecule has 0 saturated heterocycles. The summed E-state index contributed by atoms with van der Waals surface area (Å²) in [6, 6.07) is 10.8. The van der Waals surface area contributed by atoms with Gasteiger partial charge in [0.05, 0.1) is 7.11 Å². The lowest BCUT2D eigenvalue weighted by Gasteiger charge is -2.10. The molecule has 0 aliphatic carbocycles. The summed E-state index contributed by atoms with van der Waals surface area (Å²) < 4.78 is 23.5. The molecule has 0 radical (unpaired) electrons. The molecule has 0 heterocycles. The molecule has 0 fully saturated rings. The molecule has 19 heavy (non-hydrogen) atoms. The number of hydrogen-bond donors (Lipinski definition) is 0. The van der Waals surface area contributed by atoms with Crippen LogP contribution in [0.2, 0.25) is 0 Å². The Labute approximate surface area is 110 Å². The minimum atomic E-state index is -0.312. The largest absolute Gasteiger partial charge is 0.496 e. The van der Waals surface area contributed by atoms with E-state index in [0.29, 0.717) is 17.1 Å². The fourth-order valence-corrected chi connectivity index (χ4v) is 1.68. The predicted molar refractivity (Wildman–Crippen MR) is 69.1 cm³/mol. The summed E-state index contributed by atoms with van der Waals surface area (Å²) in [4.78, 5) is 10.7. The topological polar surface area (TPSA) is 35.5 Å². The first-order valence-corrected chi connectivity index (χ1v) is 5.73. The highest BCUT2D eigenvalue weighted by Crippen LogP contribution is 2.21. The molecule has 0 spiro atoms. The van der Waals surface area contributed by atoms with Crippen molar-refractivity contribution in [2.75, 3.05) is 7.11 Å². The van der Waals surface area contributed by atoms with Crippen LogP contribution in [0.4, 0.5) is 4.39 Å². The summed E-state index contributed by atoms with van der Waals surface area (Å²) in [6.45, 7) is 0.247. The number of hydrogen-bond acceptors (Lipinski definition) is 3. The number of carbonyl (C=O) groups excluding carboxylic acids is 1.